The molecule has 2 fully saturated rings. The van der Waals surface area contributed by atoms with E-state index in [0.717, 1.165) is 31.5 Å². The molecule has 1 unspecified atom stereocenters. The van der Waals surface area contributed by atoms with E-state index < -0.39 is 5.92 Å². The Morgan fingerprint density at radius 2 is 1.76 bits per heavy atom. The van der Waals surface area contributed by atoms with Crippen molar-refractivity contribution in [2.45, 2.75) is 25.2 Å². The Hall–Kier alpha value is -1.20. The smallest absolute Gasteiger partial charge is 0.245 e. The SMILES string of the molecule is C=CC(=O)N1CC2(CCN(C(=O)C(CC=C(Cl)Cl)c3ccc(Cl)c(Cl)c3)CC2)C1. The van der Waals surface area contributed by atoms with Crippen molar-refractivity contribution in [3.63, 3.8) is 0 Å². The number of hydrogen-bond acceptors (Lipinski definition) is 2. The number of carbonyl (C=O) groups is 2. The monoisotopic (exact) mass is 474 g/mol. The van der Waals surface area contributed by atoms with Gasteiger partial charge in [0.25, 0.3) is 0 Å². The fourth-order valence-corrected chi connectivity index (χ4v) is 4.59. The van der Waals surface area contributed by atoms with Crippen LogP contribution in [0.1, 0.15) is 30.7 Å². The van der Waals surface area contributed by atoms with Crippen molar-refractivity contribution in [3.8, 4) is 0 Å². The van der Waals surface area contributed by atoms with Crippen molar-refractivity contribution < 1.29 is 9.59 Å². The molecular weight excluding hydrogens is 454 g/mol. The second-order valence-electron chi connectivity index (χ2n) is 7.68. The van der Waals surface area contributed by atoms with Crippen molar-refractivity contribution in [1.29, 1.82) is 0 Å². The summed E-state index contributed by atoms with van der Waals surface area (Å²) in [5.41, 5.74) is 0.898. The summed E-state index contributed by atoms with van der Waals surface area (Å²) in [5, 5.41) is 0.845. The molecule has 2 saturated heterocycles. The number of nitrogens with zero attached hydrogens (tertiary/aromatic N) is 2. The molecule has 0 N–H and O–H groups in total. The molecule has 8 heteroatoms. The second-order valence-corrected chi connectivity index (χ2v) is 9.50. The van der Waals surface area contributed by atoms with Crippen molar-refractivity contribution in [3.05, 3.63) is 57.0 Å². The number of benzene rings is 1. The van der Waals surface area contributed by atoms with Gasteiger partial charge >= 0.3 is 0 Å². The number of likely N-dealkylation sites (tertiary alicyclic amines) is 2. The Morgan fingerprint density at radius 3 is 2.31 bits per heavy atom. The minimum atomic E-state index is -0.438. The van der Waals surface area contributed by atoms with E-state index in [9.17, 15) is 9.59 Å². The summed E-state index contributed by atoms with van der Waals surface area (Å²) in [6, 6.07) is 5.22. The van der Waals surface area contributed by atoms with E-state index in [1.807, 2.05) is 11.0 Å². The average Bonchev–Trinajstić information content (AvgIpc) is 2.68. The summed E-state index contributed by atoms with van der Waals surface area (Å²) in [6.45, 7) is 6.33. The molecule has 0 aliphatic carbocycles. The zero-order valence-corrected chi connectivity index (χ0v) is 18.9. The molecule has 1 aromatic rings. The molecule has 1 spiro atoms. The van der Waals surface area contributed by atoms with Gasteiger partial charge in [-0.3, -0.25) is 9.59 Å². The molecule has 1 atom stereocenters. The van der Waals surface area contributed by atoms with Gasteiger partial charge in [0.15, 0.2) is 0 Å². The van der Waals surface area contributed by atoms with Gasteiger partial charge < -0.3 is 9.80 Å². The van der Waals surface area contributed by atoms with Gasteiger partial charge in [0.1, 0.15) is 4.49 Å². The number of rotatable bonds is 5. The lowest BCUT2D eigenvalue weighted by Crippen LogP contribution is -2.62. The highest BCUT2D eigenvalue weighted by Crippen LogP contribution is 2.41. The predicted molar refractivity (Wildman–Crippen MR) is 119 cm³/mol. The minimum absolute atomic E-state index is 0.0161. The van der Waals surface area contributed by atoms with E-state index in [1.54, 1.807) is 23.1 Å². The summed E-state index contributed by atoms with van der Waals surface area (Å²) >= 11 is 23.8. The van der Waals surface area contributed by atoms with Crippen LogP contribution in [0.3, 0.4) is 0 Å². The molecule has 4 nitrogen and oxygen atoms in total. The molecule has 2 aliphatic rings. The van der Waals surface area contributed by atoms with Gasteiger partial charge in [-0.05, 0) is 43.0 Å². The minimum Gasteiger partial charge on any atom is -0.342 e. The van der Waals surface area contributed by atoms with E-state index in [2.05, 4.69) is 6.58 Å². The molecule has 156 valence electrons. The molecule has 2 aliphatic heterocycles. The van der Waals surface area contributed by atoms with Crippen LogP contribution in [0.25, 0.3) is 0 Å². The molecule has 0 saturated carbocycles. The van der Waals surface area contributed by atoms with Gasteiger partial charge in [-0.15, -0.1) is 0 Å². The van der Waals surface area contributed by atoms with Gasteiger partial charge in [0, 0.05) is 31.6 Å². The first-order chi connectivity index (χ1) is 13.7. The Kier molecular flexibility index (Phi) is 7.21. The number of allylic oxidation sites excluding steroid dienone is 1. The Morgan fingerprint density at radius 1 is 1.10 bits per heavy atom. The topological polar surface area (TPSA) is 40.6 Å². The maximum Gasteiger partial charge on any atom is 0.245 e. The Balaban J connectivity index is 1.69. The molecule has 2 heterocycles. The molecule has 1 aromatic carbocycles. The largest absolute Gasteiger partial charge is 0.342 e. The Bertz CT molecular complexity index is 835. The van der Waals surface area contributed by atoms with E-state index >= 15 is 0 Å². The van der Waals surface area contributed by atoms with Gasteiger partial charge in [0.2, 0.25) is 11.8 Å². The summed E-state index contributed by atoms with van der Waals surface area (Å²) in [4.78, 5) is 28.7. The van der Waals surface area contributed by atoms with Crippen LogP contribution in [0, 0.1) is 5.41 Å². The first kappa shape index (κ1) is 22.5. The standard InChI is InChI=1S/C21H22Cl4N2O2/c1-2-19(28)27-12-21(13-27)7-9-26(10-8-21)20(29)15(4-6-18(24)25)14-3-5-16(22)17(23)11-14/h2-3,5-6,11,15H,1,4,7-10,12-13H2. The molecular formula is C21H22Cl4N2O2. The third-order valence-corrected chi connectivity index (χ3v) is 6.87. The second kappa shape index (κ2) is 9.30. The fourth-order valence-electron chi connectivity index (χ4n) is 4.10. The lowest BCUT2D eigenvalue weighted by Gasteiger charge is -2.54. The van der Waals surface area contributed by atoms with Crippen molar-refractivity contribution in [2.75, 3.05) is 26.2 Å². The summed E-state index contributed by atoms with van der Waals surface area (Å²) < 4.78 is 0.127. The molecule has 3 rings (SSSR count). The number of amides is 2. The molecule has 0 bridgehead atoms. The normalized spacial score (nSPS) is 18.8. The number of halogens is 4. The zero-order chi connectivity index (χ0) is 21.2. The quantitative estimate of drug-likeness (QED) is 0.533. The highest BCUT2D eigenvalue weighted by molar-refractivity contribution is 6.55. The van der Waals surface area contributed by atoms with Crippen LogP contribution in [0.4, 0.5) is 0 Å². The van der Waals surface area contributed by atoms with E-state index in [4.69, 9.17) is 46.4 Å². The van der Waals surface area contributed by atoms with Gasteiger partial charge in [-0.2, -0.15) is 0 Å². The summed E-state index contributed by atoms with van der Waals surface area (Å²) in [7, 11) is 0. The van der Waals surface area contributed by atoms with Crippen molar-refractivity contribution in [1.82, 2.24) is 9.80 Å². The first-order valence-corrected chi connectivity index (χ1v) is 10.9. The van der Waals surface area contributed by atoms with Crippen LogP contribution in [-0.4, -0.2) is 47.8 Å². The number of carbonyl (C=O) groups excluding carboxylic acids is 2. The first-order valence-electron chi connectivity index (χ1n) is 9.41. The van der Waals surface area contributed by atoms with Crippen LogP contribution < -0.4 is 0 Å². The van der Waals surface area contributed by atoms with Crippen molar-refractivity contribution in [2.24, 2.45) is 5.41 Å². The van der Waals surface area contributed by atoms with E-state index in [1.165, 1.54) is 6.08 Å². The van der Waals surface area contributed by atoms with Crippen LogP contribution in [-0.2, 0) is 9.59 Å². The maximum atomic E-state index is 13.3. The van der Waals surface area contributed by atoms with Crippen LogP contribution in [0.5, 0.6) is 0 Å². The van der Waals surface area contributed by atoms with E-state index in [0.29, 0.717) is 29.6 Å². The van der Waals surface area contributed by atoms with Crippen molar-refractivity contribution >= 4 is 58.2 Å². The molecule has 2 amide bonds. The van der Waals surface area contributed by atoms with Crippen LogP contribution in [0.2, 0.25) is 10.0 Å². The molecule has 0 aromatic heterocycles. The number of hydrogen-bond donors (Lipinski definition) is 0. The highest BCUT2D eigenvalue weighted by atomic mass is 35.5. The zero-order valence-electron chi connectivity index (χ0n) is 15.8. The third kappa shape index (κ3) is 5.11. The lowest BCUT2D eigenvalue weighted by atomic mass is 9.71. The van der Waals surface area contributed by atoms with Gasteiger partial charge in [-0.25, -0.2) is 0 Å². The van der Waals surface area contributed by atoms with Crippen LogP contribution in [0.15, 0.2) is 41.4 Å². The van der Waals surface area contributed by atoms with Gasteiger partial charge in [0.05, 0.1) is 16.0 Å². The fraction of sp³-hybridized carbons (Fsp3) is 0.429. The summed E-state index contributed by atoms with van der Waals surface area (Å²) in [5.74, 6) is -0.451. The van der Waals surface area contributed by atoms with E-state index in [-0.39, 0.29) is 21.7 Å². The lowest BCUT2D eigenvalue weighted by molar-refractivity contribution is -0.146. The Labute approximate surface area is 191 Å². The average molecular weight is 476 g/mol. The third-order valence-electron chi connectivity index (χ3n) is 5.83. The summed E-state index contributed by atoms with van der Waals surface area (Å²) in [6.07, 6.45) is 5.11. The molecule has 29 heavy (non-hydrogen) atoms. The predicted octanol–water partition coefficient (Wildman–Crippen LogP) is 5.42. The molecule has 0 radical (unpaired) electrons. The number of piperidine rings is 1. The maximum absolute atomic E-state index is 13.3. The van der Waals surface area contributed by atoms with Crippen LogP contribution >= 0.6 is 46.4 Å². The van der Waals surface area contributed by atoms with Gasteiger partial charge in [-0.1, -0.05) is 65.1 Å². The highest BCUT2D eigenvalue weighted by Gasteiger charge is 2.47.